The third-order valence-electron chi connectivity index (χ3n) is 3.49. The predicted octanol–water partition coefficient (Wildman–Crippen LogP) is 1.92. The second-order valence-corrected chi connectivity index (χ2v) is 5.09. The zero-order chi connectivity index (χ0) is 15.2. The lowest BCUT2D eigenvalue weighted by molar-refractivity contribution is -0.116. The lowest BCUT2D eigenvalue weighted by Crippen LogP contribution is -2.35. The number of hydrogen-bond acceptors (Lipinski definition) is 4. The summed E-state index contributed by atoms with van der Waals surface area (Å²) in [4.78, 5) is 26.8. The maximum Gasteiger partial charge on any atom is 0.409 e. The molecule has 1 aromatic rings. The van der Waals surface area contributed by atoms with E-state index in [1.54, 1.807) is 0 Å². The van der Waals surface area contributed by atoms with Crippen molar-refractivity contribution < 1.29 is 14.3 Å². The van der Waals surface area contributed by atoms with E-state index in [4.69, 9.17) is 0 Å². The Morgan fingerprint density at radius 2 is 1.95 bits per heavy atom. The number of rotatable bonds is 4. The SMILES string of the molecule is COC(=O)N(C)CC(=O)Nc1ccccc1N1CCCC1. The van der Waals surface area contributed by atoms with Crippen molar-refractivity contribution >= 4 is 23.4 Å². The van der Waals surface area contributed by atoms with E-state index in [9.17, 15) is 9.59 Å². The first kappa shape index (κ1) is 15.2. The van der Waals surface area contributed by atoms with Crippen LogP contribution in [0.4, 0.5) is 16.2 Å². The van der Waals surface area contributed by atoms with Gasteiger partial charge in [0.2, 0.25) is 5.91 Å². The van der Waals surface area contributed by atoms with Crippen LogP contribution < -0.4 is 10.2 Å². The second-order valence-electron chi connectivity index (χ2n) is 5.09. The maximum absolute atomic E-state index is 12.0. The first-order valence-corrected chi connectivity index (χ1v) is 7.04. The number of benzene rings is 1. The normalized spacial score (nSPS) is 13.9. The molecule has 0 radical (unpaired) electrons. The van der Waals surface area contributed by atoms with E-state index >= 15 is 0 Å². The van der Waals surface area contributed by atoms with Gasteiger partial charge in [-0.2, -0.15) is 0 Å². The molecule has 114 valence electrons. The molecule has 0 aliphatic carbocycles. The number of nitrogens with one attached hydrogen (secondary N) is 1. The van der Waals surface area contributed by atoms with Crippen molar-refractivity contribution in [2.24, 2.45) is 0 Å². The first-order chi connectivity index (χ1) is 10.1. The summed E-state index contributed by atoms with van der Waals surface area (Å²) in [5.41, 5.74) is 1.81. The van der Waals surface area contributed by atoms with E-state index < -0.39 is 6.09 Å². The summed E-state index contributed by atoms with van der Waals surface area (Å²) >= 11 is 0. The molecule has 21 heavy (non-hydrogen) atoms. The summed E-state index contributed by atoms with van der Waals surface area (Å²) in [6.45, 7) is 1.98. The van der Waals surface area contributed by atoms with Crippen LogP contribution in [0.25, 0.3) is 0 Å². The second kappa shape index (κ2) is 6.97. The Kier molecular flexibility index (Phi) is 5.03. The first-order valence-electron chi connectivity index (χ1n) is 7.04. The van der Waals surface area contributed by atoms with Gasteiger partial charge in [0.1, 0.15) is 6.54 Å². The lowest BCUT2D eigenvalue weighted by atomic mass is 10.2. The topological polar surface area (TPSA) is 61.9 Å². The van der Waals surface area contributed by atoms with Gasteiger partial charge in [-0.3, -0.25) is 4.79 Å². The Morgan fingerprint density at radius 3 is 2.62 bits per heavy atom. The molecule has 0 bridgehead atoms. The van der Waals surface area contributed by atoms with E-state index in [1.807, 2.05) is 24.3 Å². The fraction of sp³-hybridized carbons (Fsp3) is 0.467. The molecule has 1 saturated heterocycles. The highest BCUT2D eigenvalue weighted by molar-refractivity contribution is 5.96. The lowest BCUT2D eigenvalue weighted by Gasteiger charge is -2.22. The van der Waals surface area contributed by atoms with Gasteiger partial charge >= 0.3 is 6.09 Å². The van der Waals surface area contributed by atoms with Crippen molar-refractivity contribution in [3.05, 3.63) is 24.3 Å². The van der Waals surface area contributed by atoms with Crippen LogP contribution in [0, 0.1) is 0 Å². The van der Waals surface area contributed by atoms with Crippen LogP contribution in [-0.4, -0.2) is 50.7 Å². The number of amides is 2. The van der Waals surface area contributed by atoms with Crippen LogP contribution in [0.1, 0.15) is 12.8 Å². The van der Waals surface area contributed by atoms with Crippen molar-refractivity contribution in [3.63, 3.8) is 0 Å². The number of hydrogen-bond donors (Lipinski definition) is 1. The average molecular weight is 291 g/mol. The van der Waals surface area contributed by atoms with Crippen molar-refractivity contribution in [2.75, 3.05) is 44.0 Å². The highest BCUT2D eigenvalue weighted by Crippen LogP contribution is 2.28. The molecule has 1 aliphatic heterocycles. The van der Waals surface area contributed by atoms with Gasteiger partial charge in [-0.05, 0) is 25.0 Å². The number of nitrogens with zero attached hydrogens (tertiary/aromatic N) is 2. The minimum absolute atomic E-state index is 0.0407. The Hall–Kier alpha value is -2.24. The van der Waals surface area contributed by atoms with Crippen molar-refractivity contribution in [2.45, 2.75) is 12.8 Å². The Morgan fingerprint density at radius 1 is 1.29 bits per heavy atom. The largest absolute Gasteiger partial charge is 0.453 e. The summed E-state index contributed by atoms with van der Waals surface area (Å²) in [6.07, 6.45) is 1.82. The molecule has 2 amide bonds. The van der Waals surface area contributed by atoms with Crippen LogP contribution >= 0.6 is 0 Å². The van der Waals surface area contributed by atoms with Gasteiger partial charge in [-0.15, -0.1) is 0 Å². The third-order valence-corrected chi connectivity index (χ3v) is 3.49. The molecule has 1 aromatic carbocycles. The molecule has 1 N–H and O–H groups in total. The number of anilines is 2. The molecule has 1 aliphatic rings. The molecule has 0 aromatic heterocycles. The van der Waals surface area contributed by atoms with Gasteiger partial charge in [0, 0.05) is 20.1 Å². The van der Waals surface area contributed by atoms with Crippen molar-refractivity contribution in [1.29, 1.82) is 0 Å². The van der Waals surface area contributed by atoms with E-state index in [0.29, 0.717) is 0 Å². The van der Waals surface area contributed by atoms with Gasteiger partial charge in [0.25, 0.3) is 0 Å². The fourth-order valence-corrected chi connectivity index (χ4v) is 2.44. The molecule has 0 spiro atoms. The molecule has 1 fully saturated rings. The van der Waals surface area contributed by atoms with E-state index in [-0.39, 0.29) is 12.5 Å². The zero-order valence-corrected chi connectivity index (χ0v) is 12.5. The third kappa shape index (κ3) is 3.87. The summed E-state index contributed by atoms with van der Waals surface area (Å²) < 4.78 is 4.57. The van der Waals surface area contributed by atoms with Crippen LogP contribution in [0.3, 0.4) is 0 Å². The van der Waals surface area contributed by atoms with Crippen LogP contribution in [0.15, 0.2) is 24.3 Å². The van der Waals surface area contributed by atoms with Gasteiger partial charge < -0.3 is 19.9 Å². The zero-order valence-electron chi connectivity index (χ0n) is 12.5. The molecule has 0 unspecified atom stereocenters. The molecular formula is C15H21N3O3. The van der Waals surface area contributed by atoms with E-state index in [1.165, 1.54) is 31.9 Å². The van der Waals surface area contributed by atoms with E-state index in [0.717, 1.165) is 24.5 Å². The summed E-state index contributed by atoms with van der Waals surface area (Å²) in [5.74, 6) is -0.241. The maximum atomic E-state index is 12.0. The van der Waals surface area contributed by atoms with Crippen LogP contribution in [0.5, 0.6) is 0 Å². The van der Waals surface area contributed by atoms with E-state index in [2.05, 4.69) is 15.0 Å². The molecule has 0 atom stereocenters. The molecule has 0 saturated carbocycles. The molecule has 6 nitrogen and oxygen atoms in total. The summed E-state index contributed by atoms with van der Waals surface area (Å²) in [7, 11) is 2.82. The predicted molar refractivity (Wildman–Crippen MR) is 81.6 cm³/mol. The summed E-state index contributed by atoms with van der Waals surface area (Å²) in [6, 6.07) is 7.73. The number of ether oxygens (including phenoxy) is 1. The number of methoxy groups -OCH3 is 1. The highest BCUT2D eigenvalue weighted by atomic mass is 16.5. The molecule has 6 heteroatoms. The van der Waals surface area contributed by atoms with Crippen LogP contribution in [0.2, 0.25) is 0 Å². The van der Waals surface area contributed by atoms with Crippen LogP contribution in [-0.2, 0) is 9.53 Å². The Bertz CT molecular complexity index is 513. The number of likely N-dealkylation sites (N-methyl/N-ethyl adjacent to an activating group) is 1. The van der Waals surface area contributed by atoms with Gasteiger partial charge in [-0.25, -0.2) is 4.79 Å². The Balaban J connectivity index is 2.02. The minimum Gasteiger partial charge on any atom is -0.453 e. The monoisotopic (exact) mass is 291 g/mol. The number of para-hydroxylation sites is 2. The fourth-order valence-electron chi connectivity index (χ4n) is 2.44. The smallest absolute Gasteiger partial charge is 0.409 e. The number of carbonyl (C=O) groups excluding carboxylic acids is 2. The standard InChI is InChI=1S/C15H21N3O3/c1-17(15(20)21-2)11-14(19)16-12-7-3-4-8-13(12)18-9-5-6-10-18/h3-4,7-8H,5-6,9-11H2,1-2H3,(H,16,19). The molecular weight excluding hydrogens is 270 g/mol. The van der Waals surface area contributed by atoms with Gasteiger partial charge in [0.05, 0.1) is 18.5 Å². The summed E-state index contributed by atoms with van der Waals surface area (Å²) in [5, 5.41) is 2.87. The Labute approximate surface area is 124 Å². The molecule has 2 rings (SSSR count). The molecule has 1 heterocycles. The average Bonchev–Trinajstić information content (AvgIpc) is 3.00. The van der Waals surface area contributed by atoms with Crippen molar-refractivity contribution in [1.82, 2.24) is 4.90 Å². The number of carbonyl (C=O) groups is 2. The van der Waals surface area contributed by atoms with Gasteiger partial charge in [-0.1, -0.05) is 12.1 Å². The quantitative estimate of drug-likeness (QED) is 0.920. The van der Waals surface area contributed by atoms with Gasteiger partial charge in [0.15, 0.2) is 0 Å². The van der Waals surface area contributed by atoms with Crippen molar-refractivity contribution in [3.8, 4) is 0 Å². The minimum atomic E-state index is -0.530. The highest BCUT2D eigenvalue weighted by Gasteiger charge is 2.18.